The Morgan fingerprint density at radius 3 is 2.50 bits per heavy atom. The van der Waals surface area contributed by atoms with Crippen molar-refractivity contribution in [2.24, 2.45) is 5.92 Å². The van der Waals surface area contributed by atoms with Gasteiger partial charge in [0.25, 0.3) is 11.9 Å². The number of nitrogens with zero attached hydrogens (tertiary/aromatic N) is 3. The van der Waals surface area contributed by atoms with Crippen LogP contribution in [-0.2, 0) is 17.5 Å². The number of carbonyl (C=O) groups excluding carboxylic acids is 1. The van der Waals surface area contributed by atoms with Crippen LogP contribution in [0.2, 0.25) is 0 Å². The largest absolute Gasteiger partial charge is 0.463 e. The lowest BCUT2D eigenvalue weighted by molar-refractivity contribution is -0.141. The minimum absolute atomic E-state index is 0.0276. The molecule has 12 heteroatoms. The first-order valence-electron chi connectivity index (χ1n) is 12.9. The van der Waals surface area contributed by atoms with Gasteiger partial charge in [0.05, 0.1) is 12.6 Å². The van der Waals surface area contributed by atoms with Crippen LogP contribution < -0.4 is 5.32 Å². The molecular weight excluding hydrogens is 533 g/mol. The van der Waals surface area contributed by atoms with E-state index in [1.807, 2.05) is 0 Å². The van der Waals surface area contributed by atoms with Crippen LogP contribution in [0.15, 0.2) is 42.6 Å². The number of amides is 1. The molecule has 1 atom stereocenters. The maximum Gasteiger partial charge on any atom is 0.435 e. The number of aromatic nitrogens is 2. The molecule has 3 aromatic rings. The molecule has 2 N–H and O–H groups in total. The molecule has 0 spiro atoms. The van der Waals surface area contributed by atoms with E-state index in [9.17, 15) is 26.7 Å². The minimum atomic E-state index is -4.73. The second-order valence-corrected chi connectivity index (χ2v) is 10.4. The van der Waals surface area contributed by atoms with Crippen LogP contribution in [0.4, 0.5) is 22.0 Å². The van der Waals surface area contributed by atoms with Gasteiger partial charge < -0.3 is 15.0 Å². The van der Waals surface area contributed by atoms with Gasteiger partial charge in [0.15, 0.2) is 17.3 Å². The second-order valence-electron chi connectivity index (χ2n) is 10.4. The van der Waals surface area contributed by atoms with Crippen LogP contribution in [-0.4, -0.2) is 39.8 Å². The fourth-order valence-corrected chi connectivity index (χ4v) is 4.80. The van der Waals surface area contributed by atoms with Gasteiger partial charge in [0.2, 0.25) is 0 Å². The number of alkyl halides is 3. The van der Waals surface area contributed by atoms with Crippen molar-refractivity contribution >= 4 is 11.9 Å². The molecule has 40 heavy (non-hydrogen) atoms. The maximum absolute atomic E-state index is 14.0. The molecule has 1 saturated heterocycles. The highest BCUT2D eigenvalue weighted by atomic mass is 19.4. The number of nitrogens with one attached hydrogen (secondary N) is 2. The zero-order valence-corrected chi connectivity index (χ0v) is 21.9. The monoisotopic (exact) mass is 561 g/mol. The highest BCUT2D eigenvalue weighted by Gasteiger charge is 2.38. The van der Waals surface area contributed by atoms with Crippen molar-refractivity contribution < 1.29 is 31.5 Å². The lowest BCUT2D eigenvalue weighted by Gasteiger charge is -2.21. The Balaban J connectivity index is 1.54. The predicted molar refractivity (Wildman–Crippen MR) is 136 cm³/mol. The Bertz CT molecular complexity index is 1450. The molecule has 0 radical (unpaired) electrons. The van der Waals surface area contributed by atoms with Crippen LogP contribution in [0.1, 0.15) is 66.0 Å². The van der Waals surface area contributed by atoms with E-state index >= 15 is 0 Å². The van der Waals surface area contributed by atoms with Crippen molar-refractivity contribution in [1.29, 1.82) is 5.41 Å². The highest BCUT2D eigenvalue weighted by molar-refractivity contribution is 5.96. The van der Waals surface area contributed by atoms with E-state index in [2.05, 4.69) is 10.4 Å². The summed E-state index contributed by atoms with van der Waals surface area (Å²) in [6.07, 6.45) is -1.85. The quantitative estimate of drug-likeness (QED) is 0.327. The van der Waals surface area contributed by atoms with E-state index < -0.39 is 35.5 Å². The molecule has 5 rings (SSSR count). The van der Waals surface area contributed by atoms with Crippen molar-refractivity contribution in [2.45, 2.75) is 51.5 Å². The number of halogens is 5. The summed E-state index contributed by atoms with van der Waals surface area (Å²) in [6, 6.07) is 6.95. The van der Waals surface area contributed by atoms with Crippen molar-refractivity contribution in [2.75, 3.05) is 13.2 Å². The maximum atomic E-state index is 14.0. The molecule has 1 amide bonds. The molecule has 2 heterocycles. The number of rotatable bonds is 8. The first kappa shape index (κ1) is 27.6. The average molecular weight is 562 g/mol. The van der Waals surface area contributed by atoms with Gasteiger partial charge in [-0.3, -0.25) is 14.9 Å². The van der Waals surface area contributed by atoms with Crippen LogP contribution >= 0.6 is 0 Å². The lowest BCUT2D eigenvalue weighted by atomic mass is 9.97. The van der Waals surface area contributed by atoms with Gasteiger partial charge in [-0.15, -0.1) is 0 Å². The van der Waals surface area contributed by atoms with Gasteiger partial charge in [0.1, 0.15) is 6.61 Å². The lowest BCUT2D eigenvalue weighted by Crippen LogP contribution is -2.30. The molecule has 0 bridgehead atoms. The Morgan fingerprint density at radius 2 is 1.90 bits per heavy atom. The van der Waals surface area contributed by atoms with Crippen LogP contribution in [0.5, 0.6) is 0 Å². The van der Waals surface area contributed by atoms with Crippen molar-refractivity contribution in [1.82, 2.24) is 20.0 Å². The predicted octanol–water partition coefficient (Wildman–Crippen LogP) is 6.08. The fraction of sp³-hybridized carbons (Fsp3) is 0.393. The molecule has 1 aromatic heterocycles. The Labute approximate surface area is 227 Å². The van der Waals surface area contributed by atoms with E-state index in [0.29, 0.717) is 24.3 Å². The summed E-state index contributed by atoms with van der Waals surface area (Å²) in [7, 11) is 0. The summed E-state index contributed by atoms with van der Waals surface area (Å²) in [4.78, 5) is 15.2. The van der Waals surface area contributed by atoms with E-state index in [4.69, 9.17) is 10.1 Å². The zero-order chi connectivity index (χ0) is 28.8. The Morgan fingerprint density at radius 1 is 1.15 bits per heavy atom. The van der Waals surface area contributed by atoms with Gasteiger partial charge in [-0.25, -0.2) is 8.78 Å². The summed E-state index contributed by atoms with van der Waals surface area (Å²) < 4.78 is 75.9. The van der Waals surface area contributed by atoms with Crippen LogP contribution in [0, 0.1) is 23.0 Å². The third-order valence-corrected chi connectivity index (χ3v) is 7.04. The number of carbonyl (C=O) groups is 1. The number of benzene rings is 2. The van der Waals surface area contributed by atoms with Crippen LogP contribution in [0.3, 0.4) is 0 Å². The molecule has 2 aromatic carbocycles. The molecule has 7 nitrogen and oxygen atoms in total. The molecule has 2 fully saturated rings. The van der Waals surface area contributed by atoms with Gasteiger partial charge in [0, 0.05) is 29.9 Å². The van der Waals surface area contributed by atoms with Gasteiger partial charge in [-0.2, -0.15) is 18.3 Å². The minimum Gasteiger partial charge on any atom is -0.463 e. The number of hydrogen-bond acceptors (Lipinski definition) is 4. The molecule has 1 saturated carbocycles. The van der Waals surface area contributed by atoms with Crippen LogP contribution in [0.25, 0.3) is 11.1 Å². The SMILES string of the molecule is CC(C)n1cc(-c2cc(CN3CCOC3=N)cc(C(=O)N[C@H](c3ccc(F)c(F)c3)C3CC3)c2)c(C(F)(F)F)n1. The van der Waals surface area contributed by atoms with Gasteiger partial charge >= 0.3 is 6.18 Å². The number of amidine groups is 1. The topological polar surface area (TPSA) is 83.2 Å². The molecule has 0 unspecified atom stereocenters. The third kappa shape index (κ3) is 5.80. The smallest absolute Gasteiger partial charge is 0.435 e. The average Bonchev–Trinajstić information content (AvgIpc) is 3.48. The first-order valence-corrected chi connectivity index (χ1v) is 12.9. The summed E-state index contributed by atoms with van der Waals surface area (Å²) in [5, 5.41) is 14.6. The fourth-order valence-electron chi connectivity index (χ4n) is 4.80. The van der Waals surface area contributed by atoms with Gasteiger partial charge in [-0.05, 0) is 79.6 Å². The first-order chi connectivity index (χ1) is 18.9. The Hall–Kier alpha value is -3.96. The summed E-state index contributed by atoms with van der Waals surface area (Å²) in [5.74, 6) is -2.57. The Kier molecular flexibility index (Phi) is 7.28. The van der Waals surface area contributed by atoms with E-state index in [-0.39, 0.29) is 41.2 Å². The van der Waals surface area contributed by atoms with Gasteiger partial charge in [-0.1, -0.05) is 6.07 Å². The second kappa shape index (κ2) is 10.5. The molecule has 2 aliphatic rings. The molecule has 1 aliphatic heterocycles. The summed E-state index contributed by atoms with van der Waals surface area (Å²) in [5.41, 5.74) is -0.101. The highest BCUT2D eigenvalue weighted by Crippen LogP contribution is 2.42. The number of ether oxygens (including phenoxy) is 1. The standard InChI is InChI=1S/C28H28F5N5O2/c1-15(2)38-14-21(25(36-38)28(31,32)33)19-9-16(13-37-7-8-40-27(37)34)10-20(11-19)26(39)35-24(17-3-4-17)18-5-6-22(29)23(30)12-18/h5-6,9-12,14-15,17,24,34H,3-4,7-8,13H2,1-2H3,(H,35,39)/t24-/m0/s1. The molecule has 212 valence electrons. The molecular formula is C28H28F5N5O2. The summed E-state index contributed by atoms with van der Waals surface area (Å²) >= 11 is 0. The van der Waals surface area contributed by atoms with E-state index in [1.54, 1.807) is 30.9 Å². The summed E-state index contributed by atoms with van der Waals surface area (Å²) in [6.45, 7) is 4.29. The van der Waals surface area contributed by atoms with Crippen molar-refractivity contribution in [3.05, 3.63) is 76.6 Å². The van der Waals surface area contributed by atoms with E-state index in [1.165, 1.54) is 23.0 Å². The molecule has 1 aliphatic carbocycles. The zero-order valence-electron chi connectivity index (χ0n) is 21.9. The normalized spacial score (nSPS) is 16.4. The van der Waals surface area contributed by atoms with E-state index in [0.717, 1.165) is 25.0 Å². The number of hydrogen-bond donors (Lipinski definition) is 2. The van der Waals surface area contributed by atoms with Crippen molar-refractivity contribution in [3.8, 4) is 11.1 Å². The third-order valence-electron chi connectivity index (χ3n) is 7.04. The van der Waals surface area contributed by atoms with Crippen molar-refractivity contribution in [3.63, 3.8) is 0 Å².